The molecule has 1 saturated carbocycles. The summed E-state index contributed by atoms with van der Waals surface area (Å²) in [6.07, 6.45) is 8.00. The number of hydrogen-bond donors (Lipinski definition) is 0. The van der Waals surface area contributed by atoms with E-state index in [-0.39, 0.29) is 0 Å². The predicted molar refractivity (Wildman–Crippen MR) is 78.0 cm³/mol. The molecule has 1 fully saturated rings. The SMILES string of the molecule is C=CCOc1c(Cl)cc(Cl)cc1C1CCCCC1. The van der Waals surface area contributed by atoms with Crippen LogP contribution in [0.4, 0.5) is 0 Å². The molecule has 1 aliphatic rings. The van der Waals surface area contributed by atoms with Crippen molar-refractivity contribution in [3.05, 3.63) is 40.4 Å². The van der Waals surface area contributed by atoms with Crippen LogP contribution in [0.3, 0.4) is 0 Å². The van der Waals surface area contributed by atoms with E-state index in [2.05, 4.69) is 6.58 Å². The van der Waals surface area contributed by atoms with Gasteiger partial charge in [0.25, 0.3) is 0 Å². The van der Waals surface area contributed by atoms with Crippen molar-refractivity contribution in [3.8, 4) is 5.75 Å². The maximum atomic E-state index is 6.25. The first-order valence-corrected chi connectivity index (χ1v) is 7.20. The van der Waals surface area contributed by atoms with Crippen molar-refractivity contribution >= 4 is 23.2 Å². The van der Waals surface area contributed by atoms with Gasteiger partial charge in [0.05, 0.1) is 5.02 Å². The predicted octanol–water partition coefficient (Wildman–Crippen LogP) is 5.61. The van der Waals surface area contributed by atoms with E-state index in [9.17, 15) is 0 Å². The average molecular weight is 285 g/mol. The third kappa shape index (κ3) is 3.21. The summed E-state index contributed by atoms with van der Waals surface area (Å²) in [6.45, 7) is 4.14. The van der Waals surface area contributed by atoms with E-state index in [0.717, 1.165) is 11.3 Å². The van der Waals surface area contributed by atoms with Gasteiger partial charge < -0.3 is 4.74 Å². The molecule has 0 amide bonds. The smallest absolute Gasteiger partial charge is 0.141 e. The van der Waals surface area contributed by atoms with Crippen LogP contribution in [0, 0.1) is 0 Å². The Morgan fingerprint density at radius 2 is 1.94 bits per heavy atom. The lowest BCUT2D eigenvalue weighted by molar-refractivity contribution is 0.348. The molecular weight excluding hydrogens is 267 g/mol. The van der Waals surface area contributed by atoms with Crippen LogP contribution in [0.5, 0.6) is 5.75 Å². The quantitative estimate of drug-likeness (QED) is 0.654. The van der Waals surface area contributed by atoms with Gasteiger partial charge >= 0.3 is 0 Å². The van der Waals surface area contributed by atoms with Crippen LogP contribution in [0.1, 0.15) is 43.6 Å². The number of rotatable bonds is 4. The Morgan fingerprint density at radius 1 is 1.22 bits per heavy atom. The average Bonchev–Trinajstić information content (AvgIpc) is 2.38. The molecule has 1 aromatic carbocycles. The Balaban J connectivity index is 2.32. The van der Waals surface area contributed by atoms with Crippen LogP contribution < -0.4 is 4.74 Å². The minimum atomic E-state index is 0.473. The Kier molecular flexibility index (Phi) is 4.96. The number of hydrogen-bond acceptors (Lipinski definition) is 1. The van der Waals surface area contributed by atoms with E-state index in [1.54, 1.807) is 12.1 Å². The molecule has 1 nitrogen and oxygen atoms in total. The van der Waals surface area contributed by atoms with Crippen molar-refractivity contribution in [1.29, 1.82) is 0 Å². The summed E-state index contributed by atoms with van der Waals surface area (Å²) < 4.78 is 5.72. The Bertz CT molecular complexity index is 423. The van der Waals surface area contributed by atoms with Gasteiger partial charge in [-0.05, 0) is 30.9 Å². The molecule has 0 radical (unpaired) electrons. The van der Waals surface area contributed by atoms with Crippen LogP contribution in [0.25, 0.3) is 0 Å². The highest BCUT2D eigenvalue weighted by molar-refractivity contribution is 6.35. The Hall–Kier alpha value is -0.660. The van der Waals surface area contributed by atoms with Crippen molar-refractivity contribution in [1.82, 2.24) is 0 Å². The summed E-state index contributed by atoms with van der Waals surface area (Å²) in [7, 11) is 0. The molecule has 1 aliphatic carbocycles. The monoisotopic (exact) mass is 284 g/mol. The normalized spacial score (nSPS) is 16.6. The van der Waals surface area contributed by atoms with Gasteiger partial charge in [-0.1, -0.05) is 55.1 Å². The van der Waals surface area contributed by atoms with Crippen LogP contribution in [-0.4, -0.2) is 6.61 Å². The molecule has 0 heterocycles. The third-order valence-corrected chi connectivity index (χ3v) is 3.93. The number of ether oxygens (including phenoxy) is 1. The van der Waals surface area contributed by atoms with Gasteiger partial charge in [-0.25, -0.2) is 0 Å². The van der Waals surface area contributed by atoms with Crippen molar-refractivity contribution in [2.45, 2.75) is 38.0 Å². The topological polar surface area (TPSA) is 9.23 Å². The van der Waals surface area contributed by atoms with Gasteiger partial charge in [0.1, 0.15) is 12.4 Å². The molecule has 0 unspecified atom stereocenters. The maximum Gasteiger partial charge on any atom is 0.141 e. The van der Waals surface area contributed by atoms with Gasteiger partial charge in [-0.2, -0.15) is 0 Å². The highest BCUT2D eigenvalue weighted by atomic mass is 35.5. The number of benzene rings is 1. The molecular formula is C15H18Cl2O. The zero-order chi connectivity index (χ0) is 13.0. The first kappa shape index (κ1) is 13.8. The number of halogens is 2. The molecule has 0 aromatic heterocycles. The first-order valence-electron chi connectivity index (χ1n) is 6.45. The summed E-state index contributed by atoms with van der Waals surface area (Å²) in [4.78, 5) is 0. The highest BCUT2D eigenvalue weighted by Gasteiger charge is 2.21. The van der Waals surface area contributed by atoms with Crippen molar-refractivity contribution in [3.63, 3.8) is 0 Å². The third-order valence-electron chi connectivity index (χ3n) is 3.43. The minimum absolute atomic E-state index is 0.473. The second kappa shape index (κ2) is 6.49. The summed E-state index contributed by atoms with van der Waals surface area (Å²) in [6, 6.07) is 3.75. The minimum Gasteiger partial charge on any atom is -0.488 e. The molecule has 98 valence electrons. The van der Waals surface area contributed by atoms with Crippen molar-refractivity contribution in [2.75, 3.05) is 6.61 Å². The van der Waals surface area contributed by atoms with E-state index in [1.165, 1.54) is 32.1 Å². The van der Waals surface area contributed by atoms with Crippen molar-refractivity contribution in [2.24, 2.45) is 0 Å². The zero-order valence-corrected chi connectivity index (χ0v) is 11.9. The van der Waals surface area contributed by atoms with Crippen LogP contribution >= 0.6 is 23.2 Å². The fraction of sp³-hybridized carbons (Fsp3) is 0.467. The van der Waals surface area contributed by atoms with E-state index < -0.39 is 0 Å². The van der Waals surface area contributed by atoms with Crippen LogP contribution in [0.15, 0.2) is 24.8 Å². The summed E-state index contributed by atoms with van der Waals surface area (Å²) in [5, 5.41) is 1.29. The fourth-order valence-electron chi connectivity index (χ4n) is 2.59. The summed E-state index contributed by atoms with van der Waals surface area (Å²) >= 11 is 12.4. The molecule has 3 heteroatoms. The van der Waals surface area contributed by atoms with Gasteiger partial charge in [-0.3, -0.25) is 0 Å². The van der Waals surface area contributed by atoms with E-state index in [1.807, 2.05) is 6.07 Å². The molecule has 0 bridgehead atoms. The van der Waals surface area contributed by atoms with Gasteiger partial charge in [0.15, 0.2) is 0 Å². The second-order valence-electron chi connectivity index (χ2n) is 4.74. The largest absolute Gasteiger partial charge is 0.488 e. The van der Waals surface area contributed by atoms with Gasteiger partial charge in [-0.15, -0.1) is 0 Å². The van der Waals surface area contributed by atoms with Crippen molar-refractivity contribution < 1.29 is 4.74 Å². The second-order valence-corrected chi connectivity index (χ2v) is 5.58. The highest BCUT2D eigenvalue weighted by Crippen LogP contribution is 2.42. The Labute approximate surface area is 119 Å². The molecule has 0 spiro atoms. The molecule has 0 saturated heterocycles. The molecule has 0 N–H and O–H groups in total. The molecule has 0 aliphatic heterocycles. The Morgan fingerprint density at radius 3 is 2.61 bits per heavy atom. The standard InChI is InChI=1S/C15H18Cl2O/c1-2-8-18-15-13(9-12(16)10-14(15)17)11-6-4-3-5-7-11/h2,9-11H,1,3-8H2. The zero-order valence-electron chi connectivity index (χ0n) is 10.4. The molecule has 2 rings (SSSR count). The summed E-state index contributed by atoms with van der Waals surface area (Å²) in [5.74, 6) is 1.31. The van der Waals surface area contributed by atoms with E-state index in [4.69, 9.17) is 27.9 Å². The first-order chi connectivity index (χ1) is 8.72. The maximum absolute atomic E-state index is 6.25. The van der Waals surface area contributed by atoms with Crippen LogP contribution in [-0.2, 0) is 0 Å². The van der Waals surface area contributed by atoms with Gasteiger partial charge in [0.2, 0.25) is 0 Å². The lowest BCUT2D eigenvalue weighted by atomic mass is 9.83. The summed E-state index contributed by atoms with van der Waals surface area (Å²) in [5.41, 5.74) is 1.16. The lowest BCUT2D eigenvalue weighted by Crippen LogP contribution is -2.08. The van der Waals surface area contributed by atoms with Gasteiger partial charge in [0, 0.05) is 10.6 Å². The van der Waals surface area contributed by atoms with E-state index in [0.29, 0.717) is 22.6 Å². The molecule has 1 aromatic rings. The molecule has 18 heavy (non-hydrogen) atoms. The van der Waals surface area contributed by atoms with E-state index >= 15 is 0 Å². The molecule has 0 atom stereocenters. The lowest BCUT2D eigenvalue weighted by Gasteiger charge is -2.25. The fourth-order valence-corrected chi connectivity index (χ4v) is 3.16. The van der Waals surface area contributed by atoms with Crippen LogP contribution in [0.2, 0.25) is 10.0 Å².